The van der Waals surface area contributed by atoms with Gasteiger partial charge in [0, 0.05) is 26.0 Å². The first-order chi connectivity index (χ1) is 9.60. The molecule has 0 aromatic carbocycles. The number of carboxylic acids is 1. The Bertz CT molecular complexity index is 673. The molecule has 6 nitrogen and oxygen atoms in total. The molecule has 2 heterocycles. The third kappa shape index (κ3) is 3.26. The molecule has 6 heteroatoms. The summed E-state index contributed by atoms with van der Waals surface area (Å²) in [6.07, 6.45) is 7.32. The summed E-state index contributed by atoms with van der Waals surface area (Å²) in [5, 5.41) is 17.1. The average Bonchev–Trinajstić information content (AvgIpc) is 3.00. The van der Waals surface area contributed by atoms with Crippen LogP contribution >= 0.6 is 0 Å². The highest BCUT2D eigenvalue weighted by atomic mass is 16.4. The highest BCUT2D eigenvalue weighted by Gasteiger charge is 2.12. The lowest BCUT2D eigenvalue weighted by Crippen LogP contribution is -2.00. The molecule has 104 valence electrons. The molecule has 0 atom stereocenters. The van der Waals surface area contributed by atoms with E-state index in [4.69, 9.17) is 5.11 Å². The molecule has 0 unspecified atom stereocenters. The van der Waals surface area contributed by atoms with Gasteiger partial charge in [-0.15, -0.1) is 0 Å². The Labute approximate surface area is 117 Å². The van der Waals surface area contributed by atoms with Gasteiger partial charge in [0.2, 0.25) is 0 Å². The zero-order valence-electron chi connectivity index (χ0n) is 11.5. The maximum atomic E-state index is 11.0. The molecule has 1 N–H and O–H groups in total. The van der Waals surface area contributed by atoms with Crippen molar-refractivity contribution >= 4 is 5.97 Å². The normalized spacial score (nSPS) is 10.1. The molecule has 2 aromatic rings. The van der Waals surface area contributed by atoms with Crippen molar-refractivity contribution in [3.63, 3.8) is 0 Å². The van der Waals surface area contributed by atoms with E-state index in [0.29, 0.717) is 5.56 Å². The lowest BCUT2D eigenvalue weighted by molar-refractivity contribution is 0.0689. The molecule has 0 aliphatic carbocycles. The zero-order chi connectivity index (χ0) is 14.5. The Balaban J connectivity index is 2.18. The summed E-state index contributed by atoms with van der Waals surface area (Å²) in [5.74, 6) is 4.67. The predicted molar refractivity (Wildman–Crippen MR) is 73.3 cm³/mol. The van der Waals surface area contributed by atoms with Gasteiger partial charge in [-0.3, -0.25) is 9.36 Å². The van der Waals surface area contributed by atoms with Crippen LogP contribution in [0.2, 0.25) is 0 Å². The average molecular weight is 272 g/mol. The Morgan fingerprint density at radius 1 is 1.40 bits per heavy atom. The van der Waals surface area contributed by atoms with Crippen LogP contribution in [0.5, 0.6) is 0 Å². The molecule has 2 aromatic heterocycles. The molecule has 0 aliphatic rings. The molecule has 0 fully saturated rings. The van der Waals surface area contributed by atoms with E-state index in [2.05, 4.69) is 29.0 Å². The molecule has 2 rings (SSSR count). The Morgan fingerprint density at radius 2 is 2.20 bits per heavy atom. The van der Waals surface area contributed by atoms with E-state index < -0.39 is 5.97 Å². The van der Waals surface area contributed by atoms with E-state index in [1.54, 1.807) is 19.4 Å². The fourth-order valence-electron chi connectivity index (χ4n) is 1.75. The van der Waals surface area contributed by atoms with Crippen molar-refractivity contribution in [1.82, 2.24) is 19.6 Å². The van der Waals surface area contributed by atoms with E-state index in [9.17, 15) is 4.79 Å². The van der Waals surface area contributed by atoms with Crippen molar-refractivity contribution in [2.24, 2.45) is 7.05 Å². The van der Waals surface area contributed by atoms with Gasteiger partial charge in [0.15, 0.2) is 5.69 Å². The van der Waals surface area contributed by atoms with Gasteiger partial charge in [-0.25, -0.2) is 4.79 Å². The fraction of sp³-hybridized carbons (Fsp3) is 0.357. The van der Waals surface area contributed by atoms with Gasteiger partial charge in [-0.05, 0) is 6.42 Å². The summed E-state index contributed by atoms with van der Waals surface area (Å²) in [6.45, 7) is 2.99. The van der Waals surface area contributed by atoms with Gasteiger partial charge in [-0.1, -0.05) is 25.2 Å². The molecule has 0 aliphatic heterocycles. The molecule has 0 spiro atoms. The number of nitrogens with zero attached hydrogens (tertiary/aromatic N) is 4. The lowest BCUT2D eigenvalue weighted by atomic mass is 10.2. The van der Waals surface area contributed by atoms with Crippen molar-refractivity contribution in [2.45, 2.75) is 26.3 Å². The number of carboxylic acid groups (broad SMARTS) is 1. The van der Waals surface area contributed by atoms with Crippen LogP contribution in [0.3, 0.4) is 0 Å². The van der Waals surface area contributed by atoms with E-state index >= 15 is 0 Å². The predicted octanol–water partition coefficient (Wildman–Crippen LogP) is 1.51. The highest BCUT2D eigenvalue weighted by molar-refractivity contribution is 5.88. The monoisotopic (exact) mass is 272 g/mol. The molecule has 0 radical (unpaired) electrons. The van der Waals surface area contributed by atoms with Crippen LogP contribution in [-0.2, 0) is 13.6 Å². The van der Waals surface area contributed by atoms with Gasteiger partial charge < -0.3 is 5.11 Å². The number of hydrogen-bond acceptors (Lipinski definition) is 3. The van der Waals surface area contributed by atoms with Crippen molar-refractivity contribution in [1.29, 1.82) is 0 Å². The SMILES string of the molecule is CCCCn1cc(C#Cc2cn(C)nc2C(=O)O)cn1. The first kappa shape index (κ1) is 13.9. The lowest BCUT2D eigenvalue weighted by Gasteiger charge is -1.96. The highest BCUT2D eigenvalue weighted by Crippen LogP contribution is 2.05. The van der Waals surface area contributed by atoms with Gasteiger partial charge >= 0.3 is 5.97 Å². The third-order valence-corrected chi connectivity index (χ3v) is 2.75. The van der Waals surface area contributed by atoms with Crippen LogP contribution in [0.1, 0.15) is 41.4 Å². The maximum Gasteiger partial charge on any atom is 0.357 e. The largest absolute Gasteiger partial charge is 0.476 e. The van der Waals surface area contributed by atoms with Crippen molar-refractivity contribution in [2.75, 3.05) is 0 Å². The number of carbonyl (C=O) groups is 1. The smallest absolute Gasteiger partial charge is 0.357 e. The minimum Gasteiger partial charge on any atom is -0.476 e. The van der Waals surface area contributed by atoms with Crippen molar-refractivity contribution < 1.29 is 9.90 Å². The van der Waals surface area contributed by atoms with Crippen LogP contribution in [0.25, 0.3) is 0 Å². The number of aromatic carboxylic acids is 1. The van der Waals surface area contributed by atoms with Crippen molar-refractivity contribution in [3.8, 4) is 11.8 Å². The molecule has 0 saturated carbocycles. The van der Waals surface area contributed by atoms with Gasteiger partial charge in [0.1, 0.15) is 0 Å². The van der Waals surface area contributed by atoms with Gasteiger partial charge in [-0.2, -0.15) is 10.2 Å². The van der Waals surface area contributed by atoms with Crippen molar-refractivity contribution in [3.05, 3.63) is 35.4 Å². The van der Waals surface area contributed by atoms with E-state index in [0.717, 1.165) is 24.9 Å². The van der Waals surface area contributed by atoms with Gasteiger partial charge in [0.05, 0.1) is 17.3 Å². The van der Waals surface area contributed by atoms with Crippen LogP contribution in [0.15, 0.2) is 18.6 Å². The number of aromatic nitrogens is 4. The van der Waals surface area contributed by atoms with E-state index in [1.165, 1.54) is 4.68 Å². The van der Waals surface area contributed by atoms with E-state index in [1.807, 2.05) is 10.9 Å². The second-order valence-corrected chi connectivity index (χ2v) is 4.47. The summed E-state index contributed by atoms with van der Waals surface area (Å²) < 4.78 is 3.28. The second kappa shape index (κ2) is 6.06. The van der Waals surface area contributed by atoms with Crippen LogP contribution in [-0.4, -0.2) is 30.6 Å². The summed E-state index contributed by atoms with van der Waals surface area (Å²) in [5.41, 5.74) is 1.14. The summed E-state index contributed by atoms with van der Waals surface area (Å²) in [4.78, 5) is 11.0. The minimum atomic E-state index is -1.08. The Hall–Kier alpha value is -2.55. The second-order valence-electron chi connectivity index (χ2n) is 4.47. The molecule has 0 amide bonds. The Kier molecular flexibility index (Phi) is 4.20. The molecule has 20 heavy (non-hydrogen) atoms. The number of unbranched alkanes of at least 4 members (excludes halogenated alkanes) is 1. The summed E-state index contributed by atoms with van der Waals surface area (Å²) >= 11 is 0. The molecular weight excluding hydrogens is 256 g/mol. The summed E-state index contributed by atoms with van der Waals surface area (Å²) in [7, 11) is 1.67. The molecule has 0 bridgehead atoms. The fourth-order valence-corrected chi connectivity index (χ4v) is 1.75. The molecule has 0 saturated heterocycles. The third-order valence-electron chi connectivity index (χ3n) is 2.75. The zero-order valence-corrected chi connectivity index (χ0v) is 11.5. The standard InChI is InChI=1S/C14H16N4O2/c1-3-4-7-18-9-11(8-15-18)5-6-12-10-17(2)16-13(12)14(19)20/h8-10H,3-4,7H2,1-2H3,(H,19,20). The number of aryl methyl sites for hydroxylation is 2. The van der Waals surface area contributed by atoms with Crippen LogP contribution in [0, 0.1) is 11.8 Å². The quantitative estimate of drug-likeness (QED) is 0.856. The molecular formula is C14H16N4O2. The number of rotatable bonds is 4. The van der Waals surface area contributed by atoms with Crippen LogP contribution in [0.4, 0.5) is 0 Å². The first-order valence-electron chi connectivity index (χ1n) is 6.41. The minimum absolute atomic E-state index is 0.0293. The number of hydrogen-bond donors (Lipinski definition) is 1. The topological polar surface area (TPSA) is 72.9 Å². The van der Waals surface area contributed by atoms with Crippen LogP contribution < -0.4 is 0 Å². The van der Waals surface area contributed by atoms with E-state index in [-0.39, 0.29) is 5.69 Å². The Morgan fingerprint density at radius 3 is 2.90 bits per heavy atom. The first-order valence-corrected chi connectivity index (χ1v) is 6.41. The van der Waals surface area contributed by atoms with Gasteiger partial charge in [0.25, 0.3) is 0 Å². The maximum absolute atomic E-state index is 11.0. The summed E-state index contributed by atoms with van der Waals surface area (Å²) in [6, 6.07) is 0.